The van der Waals surface area contributed by atoms with Crippen LogP contribution in [0.25, 0.3) is 28.0 Å². The topological polar surface area (TPSA) is 59.4 Å². The number of nitrogens with one attached hydrogen (secondary N) is 1. The molecule has 4 aromatic rings. The van der Waals surface area contributed by atoms with Crippen LogP contribution in [-0.4, -0.2) is 25.0 Å². The van der Waals surface area contributed by atoms with Crippen LogP contribution < -0.4 is 0 Å². The third-order valence-electron chi connectivity index (χ3n) is 3.29. The third-order valence-corrected chi connectivity index (χ3v) is 3.29. The number of hydrogen-bond donors (Lipinski definition) is 1. The first-order chi connectivity index (χ1) is 10.3. The number of pyridine rings is 1. The van der Waals surface area contributed by atoms with E-state index in [1.807, 2.05) is 30.5 Å². The molecular formula is C15H10FN5. The fourth-order valence-electron chi connectivity index (χ4n) is 2.22. The van der Waals surface area contributed by atoms with Crippen molar-refractivity contribution in [1.29, 1.82) is 0 Å². The Bertz CT molecular complexity index is 907. The van der Waals surface area contributed by atoms with Crippen molar-refractivity contribution < 1.29 is 4.39 Å². The molecule has 0 unspecified atom stereocenters. The van der Waals surface area contributed by atoms with Crippen molar-refractivity contribution in [3.63, 3.8) is 0 Å². The van der Waals surface area contributed by atoms with Gasteiger partial charge in [-0.2, -0.15) is 0 Å². The van der Waals surface area contributed by atoms with Gasteiger partial charge in [0.05, 0.1) is 12.4 Å². The van der Waals surface area contributed by atoms with Gasteiger partial charge in [0.2, 0.25) is 0 Å². The highest BCUT2D eigenvalue weighted by Gasteiger charge is 2.07. The molecule has 102 valence electrons. The van der Waals surface area contributed by atoms with Crippen LogP contribution in [0.4, 0.5) is 4.39 Å². The van der Waals surface area contributed by atoms with Crippen molar-refractivity contribution in [2.24, 2.45) is 0 Å². The molecule has 0 aliphatic heterocycles. The molecule has 4 rings (SSSR count). The van der Waals surface area contributed by atoms with E-state index in [0.29, 0.717) is 5.82 Å². The maximum absolute atomic E-state index is 12.9. The summed E-state index contributed by atoms with van der Waals surface area (Å²) in [5, 5.41) is 9.29. The SMILES string of the molecule is Fc1ccc(-n2cc(-c3ccc4[nH]ccc4c3)nn2)nc1. The lowest BCUT2D eigenvalue weighted by molar-refractivity contribution is 0.618. The fourth-order valence-corrected chi connectivity index (χ4v) is 2.22. The predicted octanol–water partition coefficient (Wildman–Crippen LogP) is 2.95. The van der Waals surface area contributed by atoms with Gasteiger partial charge in [0.25, 0.3) is 0 Å². The summed E-state index contributed by atoms with van der Waals surface area (Å²) in [7, 11) is 0. The monoisotopic (exact) mass is 279 g/mol. The molecule has 0 saturated carbocycles. The molecule has 0 bridgehead atoms. The highest BCUT2D eigenvalue weighted by Crippen LogP contribution is 2.22. The van der Waals surface area contributed by atoms with E-state index in [1.165, 1.54) is 10.7 Å². The number of halogens is 1. The highest BCUT2D eigenvalue weighted by molar-refractivity contribution is 5.84. The number of rotatable bonds is 2. The number of H-pyrrole nitrogens is 1. The first-order valence-electron chi connectivity index (χ1n) is 6.41. The second kappa shape index (κ2) is 4.52. The van der Waals surface area contributed by atoms with Gasteiger partial charge in [0.15, 0.2) is 5.82 Å². The molecule has 0 atom stereocenters. The van der Waals surface area contributed by atoms with E-state index < -0.39 is 0 Å². The maximum atomic E-state index is 12.9. The minimum absolute atomic E-state index is 0.378. The summed E-state index contributed by atoms with van der Waals surface area (Å²) in [6.45, 7) is 0. The molecule has 1 N–H and O–H groups in total. The van der Waals surface area contributed by atoms with E-state index in [-0.39, 0.29) is 5.82 Å². The number of aromatic amines is 1. The van der Waals surface area contributed by atoms with Gasteiger partial charge in [0, 0.05) is 22.7 Å². The van der Waals surface area contributed by atoms with Crippen LogP contribution in [0.3, 0.4) is 0 Å². The highest BCUT2D eigenvalue weighted by atomic mass is 19.1. The summed E-state index contributed by atoms with van der Waals surface area (Å²) in [6.07, 6.45) is 4.82. The van der Waals surface area contributed by atoms with E-state index in [9.17, 15) is 4.39 Å². The molecule has 1 aromatic carbocycles. The summed E-state index contributed by atoms with van der Waals surface area (Å²) in [5.41, 5.74) is 2.78. The zero-order valence-corrected chi connectivity index (χ0v) is 10.9. The Morgan fingerprint density at radius 1 is 1.10 bits per heavy atom. The van der Waals surface area contributed by atoms with Gasteiger partial charge in [-0.15, -0.1) is 5.10 Å². The molecule has 0 radical (unpaired) electrons. The number of benzene rings is 1. The van der Waals surface area contributed by atoms with E-state index in [2.05, 4.69) is 20.3 Å². The van der Waals surface area contributed by atoms with E-state index in [0.717, 1.165) is 28.4 Å². The minimum Gasteiger partial charge on any atom is -0.361 e. The molecule has 0 amide bonds. The summed E-state index contributed by atoms with van der Waals surface area (Å²) < 4.78 is 14.4. The van der Waals surface area contributed by atoms with Crippen LogP contribution in [0.15, 0.2) is 55.0 Å². The first-order valence-corrected chi connectivity index (χ1v) is 6.41. The van der Waals surface area contributed by atoms with Gasteiger partial charge in [-0.05, 0) is 30.3 Å². The van der Waals surface area contributed by atoms with Crippen LogP contribution in [0, 0.1) is 5.82 Å². The quantitative estimate of drug-likeness (QED) is 0.613. The van der Waals surface area contributed by atoms with Gasteiger partial charge < -0.3 is 4.98 Å². The van der Waals surface area contributed by atoms with E-state index >= 15 is 0 Å². The lowest BCUT2D eigenvalue weighted by Crippen LogP contribution is -1.97. The second-order valence-corrected chi connectivity index (χ2v) is 4.66. The number of aromatic nitrogens is 5. The summed E-state index contributed by atoms with van der Waals surface area (Å²) in [4.78, 5) is 7.13. The minimum atomic E-state index is -0.378. The Morgan fingerprint density at radius 2 is 2.05 bits per heavy atom. The zero-order chi connectivity index (χ0) is 14.2. The van der Waals surface area contributed by atoms with Crippen LogP contribution in [0.1, 0.15) is 0 Å². The first kappa shape index (κ1) is 11.8. The van der Waals surface area contributed by atoms with Crippen LogP contribution in [-0.2, 0) is 0 Å². The van der Waals surface area contributed by atoms with Crippen molar-refractivity contribution in [3.05, 3.63) is 60.8 Å². The van der Waals surface area contributed by atoms with Crippen molar-refractivity contribution in [2.45, 2.75) is 0 Å². The van der Waals surface area contributed by atoms with E-state index in [1.54, 1.807) is 12.3 Å². The average Bonchev–Trinajstić information content (AvgIpc) is 3.16. The molecule has 3 heterocycles. The molecule has 0 aliphatic carbocycles. The van der Waals surface area contributed by atoms with Crippen LogP contribution in [0.5, 0.6) is 0 Å². The number of nitrogens with zero attached hydrogens (tertiary/aromatic N) is 4. The number of fused-ring (bicyclic) bond motifs is 1. The van der Waals surface area contributed by atoms with Gasteiger partial charge in [-0.3, -0.25) is 0 Å². The van der Waals surface area contributed by atoms with Gasteiger partial charge in [0.1, 0.15) is 11.5 Å². The van der Waals surface area contributed by atoms with Crippen LogP contribution in [0.2, 0.25) is 0 Å². The molecule has 0 saturated heterocycles. The van der Waals surface area contributed by atoms with Gasteiger partial charge >= 0.3 is 0 Å². The van der Waals surface area contributed by atoms with Crippen LogP contribution >= 0.6 is 0 Å². The fraction of sp³-hybridized carbons (Fsp3) is 0. The lowest BCUT2D eigenvalue weighted by atomic mass is 10.1. The Hall–Kier alpha value is -3.02. The van der Waals surface area contributed by atoms with Crippen molar-refractivity contribution in [1.82, 2.24) is 25.0 Å². The summed E-state index contributed by atoms with van der Waals surface area (Å²) in [5.74, 6) is 0.148. The van der Waals surface area contributed by atoms with Gasteiger partial charge in [-0.1, -0.05) is 11.3 Å². The Balaban J connectivity index is 1.74. The summed E-state index contributed by atoms with van der Waals surface area (Å²) >= 11 is 0. The largest absolute Gasteiger partial charge is 0.361 e. The molecule has 6 heteroatoms. The molecule has 0 spiro atoms. The molecule has 5 nitrogen and oxygen atoms in total. The third kappa shape index (κ3) is 2.06. The normalized spacial score (nSPS) is 11.1. The van der Waals surface area contributed by atoms with Crippen molar-refractivity contribution >= 4 is 10.9 Å². The molecule has 3 aromatic heterocycles. The second-order valence-electron chi connectivity index (χ2n) is 4.66. The molecule has 0 fully saturated rings. The smallest absolute Gasteiger partial charge is 0.155 e. The van der Waals surface area contributed by atoms with Crippen molar-refractivity contribution in [2.75, 3.05) is 0 Å². The molecule has 21 heavy (non-hydrogen) atoms. The number of hydrogen-bond acceptors (Lipinski definition) is 3. The lowest BCUT2D eigenvalue weighted by Gasteiger charge is -1.98. The maximum Gasteiger partial charge on any atom is 0.155 e. The standard InChI is InChI=1S/C15H10FN5/c16-12-2-4-15(18-8-12)21-9-14(19-20-21)10-1-3-13-11(7-10)5-6-17-13/h1-9,17H. The van der Waals surface area contributed by atoms with Gasteiger partial charge in [-0.25, -0.2) is 14.1 Å². The zero-order valence-electron chi connectivity index (χ0n) is 10.9. The molecular weight excluding hydrogens is 269 g/mol. The Kier molecular flexibility index (Phi) is 2.53. The van der Waals surface area contributed by atoms with Crippen molar-refractivity contribution in [3.8, 4) is 17.1 Å². The van der Waals surface area contributed by atoms with E-state index in [4.69, 9.17) is 0 Å². The predicted molar refractivity (Wildman–Crippen MR) is 76.4 cm³/mol. The average molecular weight is 279 g/mol. The molecule has 0 aliphatic rings. The Morgan fingerprint density at radius 3 is 2.90 bits per heavy atom. The Labute approximate surface area is 119 Å². The summed E-state index contributed by atoms with van der Waals surface area (Å²) in [6, 6.07) is 10.9.